The van der Waals surface area contributed by atoms with Crippen LogP contribution in [-0.4, -0.2) is 48.9 Å². The summed E-state index contributed by atoms with van der Waals surface area (Å²) in [5, 5.41) is 1.28. The topological polar surface area (TPSA) is 76.0 Å². The number of rotatable bonds is 4. The fourth-order valence-corrected chi connectivity index (χ4v) is 7.59. The van der Waals surface area contributed by atoms with E-state index < -0.39 is 15.7 Å². The fourth-order valence-electron chi connectivity index (χ4n) is 3.31. The zero-order chi connectivity index (χ0) is 20.6. The summed E-state index contributed by atoms with van der Waals surface area (Å²) in [6, 6.07) is 13.5. The maximum absolute atomic E-state index is 12.4. The first kappa shape index (κ1) is 20.5. The van der Waals surface area contributed by atoms with Crippen molar-refractivity contribution in [3.05, 3.63) is 58.6 Å². The molecule has 0 N–H and O–H groups in total. The summed E-state index contributed by atoms with van der Waals surface area (Å²) in [6.07, 6.45) is 0. The number of hydrogen-bond acceptors (Lipinski definition) is 5. The standard InChI is InChI=1S/C19H16Cl2N2O4S2/c20-12-5-7-13(8-6-12)27-9-18(24)22-19-23(15-4-2-1-3-14(15)21)16-10-29(25,26)11-17(16)28-19/h1-8,16-17H,9-11H2. The minimum absolute atomic E-state index is 0.00434. The second-order valence-electron chi connectivity index (χ2n) is 6.65. The lowest BCUT2D eigenvalue weighted by Crippen LogP contribution is -2.38. The Labute approximate surface area is 182 Å². The van der Waals surface area contributed by atoms with Crippen molar-refractivity contribution < 1.29 is 17.9 Å². The van der Waals surface area contributed by atoms with E-state index in [0.29, 0.717) is 26.6 Å². The van der Waals surface area contributed by atoms with E-state index in [-0.39, 0.29) is 29.4 Å². The number of benzene rings is 2. The maximum Gasteiger partial charge on any atom is 0.285 e. The van der Waals surface area contributed by atoms with Crippen molar-refractivity contribution >= 4 is 61.6 Å². The van der Waals surface area contributed by atoms with Crippen molar-refractivity contribution in [2.24, 2.45) is 4.99 Å². The lowest BCUT2D eigenvalue weighted by Gasteiger charge is -2.25. The van der Waals surface area contributed by atoms with Gasteiger partial charge < -0.3 is 9.64 Å². The number of thioether (sulfide) groups is 1. The lowest BCUT2D eigenvalue weighted by atomic mass is 10.2. The summed E-state index contributed by atoms with van der Waals surface area (Å²) in [4.78, 5) is 18.4. The molecule has 2 saturated heterocycles. The van der Waals surface area contributed by atoms with E-state index in [1.165, 1.54) is 11.8 Å². The largest absolute Gasteiger partial charge is 0.484 e. The Hall–Kier alpha value is -1.74. The Balaban J connectivity index is 1.57. The van der Waals surface area contributed by atoms with Crippen LogP contribution in [0.25, 0.3) is 0 Å². The third kappa shape index (κ3) is 4.55. The monoisotopic (exact) mass is 470 g/mol. The molecule has 2 aliphatic heterocycles. The second-order valence-corrected chi connectivity index (χ2v) is 10.9. The number of carbonyl (C=O) groups is 1. The second kappa shape index (κ2) is 8.18. The predicted octanol–water partition coefficient (Wildman–Crippen LogP) is 3.67. The molecule has 0 spiro atoms. The van der Waals surface area contributed by atoms with Crippen LogP contribution >= 0.6 is 35.0 Å². The van der Waals surface area contributed by atoms with Gasteiger partial charge >= 0.3 is 0 Å². The molecule has 0 aliphatic carbocycles. The van der Waals surface area contributed by atoms with Gasteiger partial charge in [0.15, 0.2) is 21.6 Å². The highest BCUT2D eigenvalue weighted by atomic mass is 35.5. The van der Waals surface area contributed by atoms with Gasteiger partial charge in [0.2, 0.25) is 0 Å². The van der Waals surface area contributed by atoms with E-state index in [9.17, 15) is 13.2 Å². The quantitative estimate of drug-likeness (QED) is 0.678. The minimum atomic E-state index is -3.14. The van der Waals surface area contributed by atoms with Crippen LogP contribution in [0.3, 0.4) is 0 Å². The Kier molecular flexibility index (Phi) is 5.79. The first-order valence-corrected chi connectivity index (χ1v) is 12.2. The van der Waals surface area contributed by atoms with Gasteiger partial charge in [-0.05, 0) is 36.4 Å². The zero-order valence-electron chi connectivity index (χ0n) is 15.0. The molecular formula is C19H16Cl2N2O4S2. The third-order valence-corrected chi connectivity index (χ3v) is 8.36. The number of sulfone groups is 1. The van der Waals surface area contributed by atoms with Gasteiger partial charge in [0.1, 0.15) is 5.75 Å². The van der Waals surface area contributed by atoms with E-state index in [2.05, 4.69) is 4.99 Å². The molecule has 2 atom stereocenters. The number of amidine groups is 1. The molecule has 2 aliphatic rings. The molecule has 1 amide bonds. The molecule has 10 heteroatoms. The van der Waals surface area contributed by atoms with Gasteiger partial charge in [-0.25, -0.2) is 8.42 Å². The van der Waals surface area contributed by atoms with E-state index >= 15 is 0 Å². The normalized spacial score (nSPS) is 23.9. The number of ether oxygens (including phenoxy) is 1. The first-order chi connectivity index (χ1) is 13.8. The summed E-state index contributed by atoms with van der Waals surface area (Å²) >= 11 is 13.5. The number of fused-ring (bicyclic) bond motifs is 1. The van der Waals surface area contributed by atoms with Crippen molar-refractivity contribution in [2.75, 3.05) is 23.0 Å². The number of para-hydroxylation sites is 1. The van der Waals surface area contributed by atoms with E-state index in [1.807, 2.05) is 6.07 Å². The molecule has 0 aromatic heterocycles. The maximum atomic E-state index is 12.4. The SMILES string of the molecule is O=C(COc1ccc(Cl)cc1)N=C1SC2CS(=O)(=O)CC2N1c1ccccc1Cl. The molecule has 4 rings (SSSR count). The molecule has 2 aromatic carbocycles. The summed E-state index contributed by atoms with van der Waals surface area (Å²) < 4.78 is 29.7. The summed E-state index contributed by atoms with van der Waals surface area (Å²) in [6.45, 7) is -0.240. The average molecular weight is 471 g/mol. The highest BCUT2D eigenvalue weighted by Gasteiger charge is 2.49. The summed E-state index contributed by atoms with van der Waals surface area (Å²) in [5.74, 6) is 0.0950. The molecular weight excluding hydrogens is 455 g/mol. The molecule has 2 heterocycles. The lowest BCUT2D eigenvalue weighted by molar-refractivity contribution is -0.119. The van der Waals surface area contributed by atoms with Crippen LogP contribution in [-0.2, 0) is 14.6 Å². The summed E-state index contributed by atoms with van der Waals surface area (Å²) in [7, 11) is -3.14. The molecule has 29 heavy (non-hydrogen) atoms. The predicted molar refractivity (Wildman–Crippen MR) is 117 cm³/mol. The van der Waals surface area contributed by atoms with E-state index in [0.717, 1.165) is 0 Å². The Morgan fingerprint density at radius 2 is 1.86 bits per heavy atom. The summed E-state index contributed by atoms with van der Waals surface area (Å²) in [5.41, 5.74) is 0.636. The van der Waals surface area contributed by atoms with Crippen LogP contribution in [0.1, 0.15) is 0 Å². The van der Waals surface area contributed by atoms with Crippen LogP contribution < -0.4 is 9.64 Å². The molecule has 2 aromatic rings. The Morgan fingerprint density at radius 1 is 1.14 bits per heavy atom. The number of halogens is 2. The smallest absolute Gasteiger partial charge is 0.285 e. The number of aliphatic imine (C=N–C) groups is 1. The van der Waals surface area contributed by atoms with Crippen LogP contribution in [0.4, 0.5) is 5.69 Å². The van der Waals surface area contributed by atoms with Crippen molar-refractivity contribution in [1.29, 1.82) is 0 Å². The van der Waals surface area contributed by atoms with Crippen molar-refractivity contribution in [1.82, 2.24) is 0 Å². The highest BCUT2D eigenvalue weighted by Crippen LogP contribution is 2.42. The van der Waals surface area contributed by atoms with E-state index in [4.69, 9.17) is 27.9 Å². The molecule has 0 radical (unpaired) electrons. The molecule has 2 fully saturated rings. The van der Waals surface area contributed by atoms with Gasteiger partial charge in [-0.15, -0.1) is 0 Å². The molecule has 152 valence electrons. The molecule has 0 bridgehead atoms. The van der Waals surface area contributed by atoms with Crippen LogP contribution in [0.2, 0.25) is 10.0 Å². The number of carbonyl (C=O) groups excluding carboxylic acids is 1. The van der Waals surface area contributed by atoms with Gasteiger partial charge in [-0.1, -0.05) is 47.1 Å². The molecule has 6 nitrogen and oxygen atoms in total. The van der Waals surface area contributed by atoms with Gasteiger partial charge in [0, 0.05) is 10.3 Å². The first-order valence-electron chi connectivity index (χ1n) is 8.73. The fraction of sp³-hybridized carbons (Fsp3) is 0.263. The van der Waals surface area contributed by atoms with Gasteiger partial charge in [-0.3, -0.25) is 4.79 Å². The van der Waals surface area contributed by atoms with Crippen LogP contribution in [0, 0.1) is 0 Å². The molecule has 2 unspecified atom stereocenters. The number of anilines is 1. The Bertz CT molecular complexity index is 1070. The van der Waals surface area contributed by atoms with Crippen molar-refractivity contribution in [3.63, 3.8) is 0 Å². The van der Waals surface area contributed by atoms with Crippen molar-refractivity contribution in [3.8, 4) is 5.75 Å². The zero-order valence-corrected chi connectivity index (χ0v) is 18.1. The van der Waals surface area contributed by atoms with Crippen LogP contribution in [0.15, 0.2) is 53.5 Å². The minimum Gasteiger partial charge on any atom is -0.484 e. The number of amides is 1. The number of nitrogens with zero attached hydrogens (tertiary/aromatic N) is 2. The van der Waals surface area contributed by atoms with E-state index in [1.54, 1.807) is 47.4 Å². The van der Waals surface area contributed by atoms with Gasteiger partial charge in [0.25, 0.3) is 5.91 Å². The average Bonchev–Trinajstić information content (AvgIpc) is 3.13. The van der Waals surface area contributed by atoms with Gasteiger partial charge in [-0.2, -0.15) is 4.99 Å². The van der Waals surface area contributed by atoms with Crippen LogP contribution in [0.5, 0.6) is 5.75 Å². The third-order valence-electron chi connectivity index (χ3n) is 4.57. The molecule has 0 saturated carbocycles. The number of hydrogen-bond donors (Lipinski definition) is 0. The van der Waals surface area contributed by atoms with Gasteiger partial charge in [0.05, 0.1) is 28.3 Å². The highest BCUT2D eigenvalue weighted by molar-refractivity contribution is 8.16. The van der Waals surface area contributed by atoms with Crippen molar-refractivity contribution in [2.45, 2.75) is 11.3 Å². The Morgan fingerprint density at radius 3 is 2.59 bits per heavy atom.